The lowest BCUT2D eigenvalue weighted by atomic mass is 10.1. The highest BCUT2D eigenvalue weighted by Crippen LogP contribution is 2.12. The molecule has 0 saturated heterocycles. The number of halogens is 2. The molecule has 0 aliphatic rings. The molecule has 1 rings (SSSR count). The first-order chi connectivity index (χ1) is 9.06. The fraction of sp³-hybridized carbons (Fsp3) is 0.462. The van der Waals surface area contributed by atoms with Crippen LogP contribution in [0.15, 0.2) is 24.3 Å². The smallest absolute Gasteiger partial charge is 0.255 e. The number of carbonyl (C=O) groups is 1. The predicted molar refractivity (Wildman–Crippen MR) is 66.4 cm³/mol. The molecule has 1 aromatic carbocycles. The van der Waals surface area contributed by atoms with E-state index in [1.807, 2.05) is 0 Å². The largest absolute Gasteiger partial charge is 0.497 e. The molecule has 6 heteroatoms. The molecular weight excluding hydrogens is 256 g/mol. The summed E-state index contributed by atoms with van der Waals surface area (Å²) in [7, 11) is 1.53. The molecule has 0 radical (unpaired) electrons. The fourth-order valence-electron chi connectivity index (χ4n) is 1.63. The van der Waals surface area contributed by atoms with E-state index >= 15 is 0 Å². The van der Waals surface area contributed by atoms with Gasteiger partial charge in [0.25, 0.3) is 6.43 Å². The Morgan fingerprint density at radius 3 is 2.47 bits per heavy atom. The number of methoxy groups -OCH3 is 1. The van der Waals surface area contributed by atoms with Crippen LogP contribution in [0.5, 0.6) is 5.75 Å². The Morgan fingerprint density at radius 2 is 2.00 bits per heavy atom. The highest BCUT2D eigenvalue weighted by molar-refractivity contribution is 5.78. The Labute approximate surface area is 110 Å². The molecule has 1 N–H and O–H groups in total. The number of amides is 1. The molecule has 106 valence electrons. The zero-order valence-corrected chi connectivity index (χ0v) is 10.7. The minimum absolute atomic E-state index is 0.0245. The number of aliphatic hydroxyl groups is 1. The van der Waals surface area contributed by atoms with Gasteiger partial charge in [-0.15, -0.1) is 0 Å². The maximum absolute atomic E-state index is 12.3. The van der Waals surface area contributed by atoms with Crippen molar-refractivity contribution in [2.75, 3.05) is 26.8 Å². The van der Waals surface area contributed by atoms with Crippen molar-refractivity contribution in [3.05, 3.63) is 29.8 Å². The summed E-state index contributed by atoms with van der Waals surface area (Å²) in [5.74, 6) is 0.232. The molecule has 0 unspecified atom stereocenters. The lowest BCUT2D eigenvalue weighted by molar-refractivity contribution is -0.133. The van der Waals surface area contributed by atoms with Gasteiger partial charge in [-0.1, -0.05) is 12.1 Å². The van der Waals surface area contributed by atoms with Crippen LogP contribution in [-0.2, 0) is 11.2 Å². The van der Waals surface area contributed by atoms with E-state index in [0.29, 0.717) is 11.3 Å². The Bertz CT molecular complexity index is 395. The van der Waals surface area contributed by atoms with Gasteiger partial charge in [-0.2, -0.15) is 0 Å². The normalized spacial score (nSPS) is 10.6. The van der Waals surface area contributed by atoms with Crippen LogP contribution in [0.2, 0.25) is 0 Å². The molecule has 0 bridgehead atoms. The van der Waals surface area contributed by atoms with Crippen LogP contribution < -0.4 is 4.74 Å². The summed E-state index contributed by atoms with van der Waals surface area (Å²) < 4.78 is 29.6. The lowest BCUT2D eigenvalue weighted by Crippen LogP contribution is -2.38. The van der Waals surface area contributed by atoms with Crippen molar-refractivity contribution in [2.45, 2.75) is 12.8 Å². The predicted octanol–water partition coefficient (Wildman–Crippen LogP) is 1.32. The Balaban J connectivity index is 2.63. The van der Waals surface area contributed by atoms with E-state index in [-0.39, 0.29) is 19.6 Å². The quantitative estimate of drug-likeness (QED) is 0.815. The number of hydrogen-bond acceptors (Lipinski definition) is 3. The molecule has 1 aromatic rings. The van der Waals surface area contributed by atoms with E-state index in [9.17, 15) is 13.6 Å². The second-order valence-electron chi connectivity index (χ2n) is 3.98. The molecule has 1 amide bonds. The van der Waals surface area contributed by atoms with Gasteiger partial charge in [0.15, 0.2) is 0 Å². The molecule has 0 aliphatic carbocycles. The van der Waals surface area contributed by atoms with Crippen molar-refractivity contribution in [3.8, 4) is 5.75 Å². The van der Waals surface area contributed by atoms with Gasteiger partial charge < -0.3 is 14.7 Å². The molecule has 0 aliphatic heterocycles. The van der Waals surface area contributed by atoms with E-state index in [1.54, 1.807) is 24.3 Å². The van der Waals surface area contributed by atoms with Crippen molar-refractivity contribution in [2.24, 2.45) is 0 Å². The van der Waals surface area contributed by atoms with Gasteiger partial charge in [0.2, 0.25) is 5.91 Å². The molecule has 4 nitrogen and oxygen atoms in total. The molecule has 0 atom stereocenters. The third-order valence-corrected chi connectivity index (χ3v) is 2.60. The first kappa shape index (κ1) is 15.4. The van der Waals surface area contributed by atoms with Crippen LogP contribution in [0.25, 0.3) is 0 Å². The van der Waals surface area contributed by atoms with E-state index < -0.39 is 18.9 Å². The molecule has 0 aromatic heterocycles. The molecule has 0 saturated carbocycles. The van der Waals surface area contributed by atoms with Gasteiger partial charge in [-0.25, -0.2) is 8.78 Å². The SMILES string of the molecule is COc1ccc(CC(=O)N(CCO)CC(F)F)cc1. The summed E-state index contributed by atoms with van der Waals surface area (Å²) >= 11 is 0. The number of aliphatic hydroxyl groups excluding tert-OH is 1. The summed E-state index contributed by atoms with van der Waals surface area (Å²) in [5, 5.41) is 8.78. The van der Waals surface area contributed by atoms with E-state index in [1.165, 1.54) is 7.11 Å². The Morgan fingerprint density at radius 1 is 1.37 bits per heavy atom. The number of ether oxygens (including phenoxy) is 1. The first-order valence-corrected chi connectivity index (χ1v) is 5.86. The number of hydrogen-bond donors (Lipinski definition) is 1. The minimum Gasteiger partial charge on any atom is -0.497 e. The molecule has 0 fully saturated rings. The summed E-state index contributed by atoms with van der Waals surface area (Å²) in [5.41, 5.74) is 0.711. The first-order valence-electron chi connectivity index (χ1n) is 5.86. The van der Waals surface area contributed by atoms with Crippen LogP contribution in [0.4, 0.5) is 8.78 Å². The maximum Gasteiger partial charge on any atom is 0.255 e. The second kappa shape index (κ2) is 7.68. The van der Waals surface area contributed by atoms with Crippen LogP contribution in [0.1, 0.15) is 5.56 Å². The number of alkyl halides is 2. The summed E-state index contributed by atoms with van der Waals surface area (Å²) in [6, 6.07) is 6.81. The zero-order valence-electron chi connectivity index (χ0n) is 10.7. The van der Waals surface area contributed by atoms with Gasteiger partial charge in [-0.3, -0.25) is 4.79 Å². The van der Waals surface area contributed by atoms with Gasteiger partial charge in [0.1, 0.15) is 5.75 Å². The molecular formula is C13H17F2NO3. The van der Waals surface area contributed by atoms with Gasteiger partial charge in [-0.05, 0) is 17.7 Å². The third-order valence-electron chi connectivity index (χ3n) is 2.60. The van der Waals surface area contributed by atoms with Crippen LogP contribution in [-0.4, -0.2) is 49.1 Å². The fourth-order valence-corrected chi connectivity index (χ4v) is 1.63. The summed E-state index contributed by atoms with van der Waals surface area (Å²) in [4.78, 5) is 12.8. The van der Waals surface area contributed by atoms with Crippen molar-refractivity contribution < 1.29 is 23.4 Å². The molecule has 0 heterocycles. The van der Waals surface area contributed by atoms with E-state index in [2.05, 4.69) is 0 Å². The van der Waals surface area contributed by atoms with E-state index in [0.717, 1.165) is 4.90 Å². The highest BCUT2D eigenvalue weighted by atomic mass is 19.3. The van der Waals surface area contributed by atoms with Crippen LogP contribution in [0.3, 0.4) is 0 Å². The van der Waals surface area contributed by atoms with Crippen molar-refractivity contribution in [3.63, 3.8) is 0 Å². The Hall–Kier alpha value is -1.69. The van der Waals surface area contributed by atoms with Gasteiger partial charge in [0.05, 0.1) is 26.7 Å². The summed E-state index contributed by atoms with van der Waals surface area (Å²) in [6.07, 6.45) is -2.58. The molecule has 0 spiro atoms. The van der Waals surface area contributed by atoms with Crippen LogP contribution in [0, 0.1) is 0 Å². The van der Waals surface area contributed by atoms with Crippen molar-refractivity contribution in [1.82, 2.24) is 4.90 Å². The molecule has 19 heavy (non-hydrogen) atoms. The number of benzene rings is 1. The maximum atomic E-state index is 12.3. The van der Waals surface area contributed by atoms with Crippen molar-refractivity contribution >= 4 is 5.91 Å². The number of carbonyl (C=O) groups excluding carboxylic acids is 1. The highest BCUT2D eigenvalue weighted by Gasteiger charge is 2.17. The second-order valence-corrected chi connectivity index (χ2v) is 3.98. The topological polar surface area (TPSA) is 49.8 Å². The van der Waals surface area contributed by atoms with Crippen LogP contribution >= 0.6 is 0 Å². The minimum atomic E-state index is -2.61. The lowest BCUT2D eigenvalue weighted by Gasteiger charge is -2.21. The number of rotatable bonds is 7. The average Bonchev–Trinajstić information content (AvgIpc) is 2.38. The number of nitrogens with zero attached hydrogens (tertiary/aromatic N) is 1. The summed E-state index contributed by atoms with van der Waals surface area (Å²) in [6.45, 7) is -1.07. The van der Waals surface area contributed by atoms with Gasteiger partial charge >= 0.3 is 0 Å². The Kier molecular flexibility index (Phi) is 6.21. The standard InChI is InChI=1S/C13H17F2NO3/c1-19-11-4-2-10(3-5-11)8-13(18)16(6-7-17)9-12(14)15/h2-5,12,17H,6-9H2,1H3. The van der Waals surface area contributed by atoms with Gasteiger partial charge in [0, 0.05) is 6.54 Å². The average molecular weight is 273 g/mol. The monoisotopic (exact) mass is 273 g/mol. The van der Waals surface area contributed by atoms with Crippen molar-refractivity contribution in [1.29, 1.82) is 0 Å². The van der Waals surface area contributed by atoms with E-state index in [4.69, 9.17) is 9.84 Å². The third kappa shape index (κ3) is 5.21. The zero-order chi connectivity index (χ0) is 14.3.